The fraction of sp³-hybridized carbons (Fsp3) is 0.320. The monoisotopic (exact) mass is 473 g/mol. The second-order valence-electron chi connectivity index (χ2n) is 8.65. The van der Waals surface area contributed by atoms with Crippen molar-refractivity contribution in [2.45, 2.75) is 44.1 Å². The third-order valence-electron chi connectivity index (χ3n) is 5.21. The first-order valence-corrected chi connectivity index (χ1v) is 10.4. The topological polar surface area (TPSA) is 84.4 Å². The fourth-order valence-corrected chi connectivity index (χ4v) is 3.57. The van der Waals surface area contributed by atoms with Gasteiger partial charge in [0.1, 0.15) is 5.82 Å². The Bertz CT molecular complexity index is 1060. The average Bonchev–Trinajstić information content (AvgIpc) is 2.79. The van der Waals surface area contributed by atoms with Crippen molar-refractivity contribution in [1.29, 1.82) is 0 Å². The van der Waals surface area contributed by atoms with Crippen LogP contribution in [0, 0.1) is 0 Å². The zero-order chi connectivity index (χ0) is 25.1. The summed E-state index contributed by atoms with van der Waals surface area (Å²) < 4.78 is 52.2. The number of hydrogen-bond acceptors (Lipinski definition) is 6. The maximum Gasteiger partial charge on any atom is 0.433 e. The summed E-state index contributed by atoms with van der Waals surface area (Å²) in [5, 5.41) is 12.4. The molecule has 34 heavy (non-hydrogen) atoms. The van der Waals surface area contributed by atoms with E-state index in [9.17, 15) is 23.1 Å². The lowest BCUT2D eigenvalue weighted by atomic mass is 9.81. The Hall–Kier alpha value is -3.46. The molecular weight excluding hydrogens is 449 g/mol. The molecule has 6 nitrogen and oxygen atoms in total. The molecule has 0 aliphatic heterocycles. The van der Waals surface area contributed by atoms with Crippen LogP contribution in [0.25, 0.3) is 0 Å². The Labute approximate surface area is 195 Å². The number of nitrogens with zero attached hydrogens (tertiary/aromatic N) is 2. The van der Waals surface area contributed by atoms with Crippen molar-refractivity contribution >= 4 is 5.97 Å². The molecule has 3 aromatic rings. The van der Waals surface area contributed by atoms with Crippen LogP contribution in [0.2, 0.25) is 0 Å². The minimum Gasteiger partial charge on any atom is -0.546 e. The Morgan fingerprint density at radius 3 is 1.79 bits per heavy atom. The zero-order valence-electron chi connectivity index (χ0n) is 19.1. The molecule has 2 aromatic carbocycles. The minimum atomic E-state index is -4.80. The van der Waals surface area contributed by atoms with Crippen molar-refractivity contribution in [2.75, 3.05) is 7.11 Å². The Morgan fingerprint density at radius 1 is 0.912 bits per heavy atom. The van der Waals surface area contributed by atoms with Crippen molar-refractivity contribution in [2.24, 2.45) is 0 Å². The van der Waals surface area contributed by atoms with Crippen molar-refractivity contribution in [3.63, 3.8) is 0 Å². The molecule has 0 aliphatic carbocycles. The van der Waals surface area contributed by atoms with Gasteiger partial charge in [0.05, 0.1) is 5.97 Å². The van der Waals surface area contributed by atoms with Crippen LogP contribution in [0.1, 0.15) is 43.4 Å². The van der Waals surface area contributed by atoms with Gasteiger partial charge in [-0.25, -0.2) is 4.98 Å². The molecule has 0 spiro atoms. The molecule has 180 valence electrons. The normalized spacial score (nSPS) is 13.4. The highest BCUT2D eigenvalue weighted by molar-refractivity contribution is 5.74. The minimum absolute atomic E-state index is 0.156. The van der Waals surface area contributed by atoms with Crippen LogP contribution in [-0.4, -0.2) is 29.2 Å². The summed E-state index contributed by atoms with van der Waals surface area (Å²) in [4.78, 5) is 20.1. The van der Waals surface area contributed by atoms with Gasteiger partial charge in [-0.2, -0.15) is 18.2 Å². The molecule has 0 saturated carbocycles. The summed E-state index contributed by atoms with van der Waals surface area (Å²) in [5.74, 6) is -2.41. The van der Waals surface area contributed by atoms with E-state index in [1.54, 1.807) is 81.4 Å². The summed E-state index contributed by atoms with van der Waals surface area (Å²) in [7, 11) is 1.29. The predicted molar refractivity (Wildman–Crippen MR) is 116 cm³/mol. The van der Waals surface area contributed by atoms with Gasteiger partial charge >= 0.3 is 6.18 Å². The summed E-state index contributed by atoms with van der Waals surface area (Å²) in [5.41, 5.74) is -3.07. The molecule has 3 rings (SSSR count). The highest BCUT2D eigenvalue weighted by Crippen LogP contribution is 2.39. The number of carbonyl (C=O) groups is 1. The molecule has 1 aromatic heterocycles. The Morgan fingerprint density at radius 2 is 1.41 bits per heavy atom. The summed E-state index contributed by atoms with van der Waals surface area (Å²) in [6.07, 6.45) is -6.69. The number of carboxylic acids is 1. The first kappa shape index (κ1) is 25.2. The van der Waals surface area contributed by atoms with E-state index < -0.39 is 40.8 Å². The van der Waals surface area contributed by atoms with Crippen LogP contribution < -0.4 is 9.84 Å². The number of carboxylic acid groups (broad SMARTS) is 1. The smallest absolute Gasteiger partial charge is 0.433 e. The number of carbonyl (C=O) groups excluding carboxylic acids is 1. The summed E-state index contributed by atoms with van der Waals surface area (Å²) in [6.45, 7) is 4.90. The standard InChI is InChI=1S/C25H25F3N2O4/c1-23(2,3)22-29-18(25(26,27)28)15-19(30-22)34-20(21(31)32)24(33-4,16-11-7-5-8-12-16)17-13-9-6-10-14-17/h5-15,20H,1-4H3,(H,31,32)/p-1. The van der Waals surface area contributed by atoms with Crippen LogP contribution in [0.15, 0.2) is 66.7 Å². The lowest BCUT2D eigenvalue weighted by Crippen LogP contribution is -2.55. The van der Waals surface area contributed by atoms with Gasteiger partial charge in [-0.3, -0.25) is 0 Å². The SMILES string of the molecule is COC(c1ccccc1)(c1ccccc1)C(Oc1cc(C(F)(F)F)nc(C(C)(C)C)n1)C(=O)[O-]. The number of methoxy groups -OCH3 is 1. The number of rotatable bonds is 7. The molecule has 1 heterocycles. The maximum atomic E-state index is 13.6. The maximum absolute atomic E-state index is 13.6. The molecular formula is C25H24F3N2O4-. The van der Waals surface area contributed by atoms with Gasteiger partial charge in [-0.15, -0.1) is 0 Å². The van der Waals surface area contributed by atoms with Crippen molar-refractivity contribution < 1.29 is 32.5 Å². The lowest BCUT2D eigenvalue weighted by Gasteiger charge is -2.40. The number of ether oxygens (including phenoxy) is 2. The quantitative estimate of drug-likeness (QED) is 0.518. The second-order valence-corrected chi connectivity index (χ2v) is 8.65. The van der Waals surface area contributed by atoms with E-state index in [0.717, 1.165) is 0 Å². The fourth-order valence-electron chi connectivity index (χ4n) is 3.57. The summed E-state index contributed by atoms with van der Waals surface area (Å²) in [6, 6.07) is 17.3. The first-order valence-electron chi connectivity index (χ1n) is 10.4. The van der Waals surface area contributed by atoms with Crippen LogP contribution in [-0.2, 0) is 26.7 Å². The number of hydrogen-bond donors (Lipinski definition) is 0. The van der Waals surface area contributed by atoms with Crippen LogP contribution >= 0.6 is 0 Å². The van der Waals surface area contributed by atoms with Crippen LogP contribution in [0.3, 0.4) is 0 Å². The van der Waals surface area contributed by atoms with Gasteiger partial charge in [0, 0.05) is 18.6 Å². The molecule has 0 fully saturated rings. The largest absolute Gasteiger partial charge is 0.546 e. The number of aliphatic carboxylic acids is 1. The van der Waals surface area contributed by atoms with E-state index in [2.05, 4.69) is 9.97 Å². The van der Waals surface area contributed by atoms with Gasteiger partial charge in [-0.1, -0.05) is 81.4 Å². The molecule has 1 atom stereocenters. The van der Waals surface area contributed by atoms with Gasteiger partial charge in [0.2, 0.25) is 5.88 Å². The van der Waals surface area contributed by atoms with Gasteiger partial charge in [0.25, 0.3) is 0 Å². The molecule has 1 unspecified atom stereocenters. The highest BCUT2D eigenvalue weighted by atomic mass is 19.4. The number of halogens is 3. The molecule has 0 aliphatic rings. The average molecular weight is 473 g/mol. The molecule has 0 amide bonds. The molecule has 0 radical (unpaired) electrons. The molecule has 0 saturated heterocycles. The van der Waals surface area contributed by atoms with E-state index in [1.807, 2.05) is 0 Å². The van der Waals surface area contributed by atoms with E-state index in [0.29, 0.717) is 17.2 Å². The Kier molecular flexibility index (Phi) is 6.97. The highest BCUT2D eigenvalue weighted by Gasteiger charge is 2.46. The predicted octanol–water partition coefficient (Wildman–Crippen LogP) is 3.88. The van der Waals surface area contributed by atoms with E-state index in [1.165, 1.54) is 7.11 Å². The first-order chi connectivity index (χ1) is 15.9. The van der Waals surface area contributed by atoms with E-state index >= 15 is 0 Å². The lowest BCUT2D eigenvalue weighted by molar-refractivity contribution is -0.320. The molecule has 0 N–H and O–H groups in total. The van der Waals surface area contributed by atoms with Gasteiger partial charge in [-0.05, 0) is 11.1 Å². The van der Waals surface area contributed by atoms with Crippen LogP contribution in [0.4, 0.5) is 13.2 Å². The van der Waals surface area contributed by atoms with Gasteiger partial charge < -0.3 is 19.4 Å². The van der Waals surface area contributed by atoms with Crippen molar-refractivity contribution in [3.05, 3.63) is 89.4 Å². The van der Waals surface area contributed by atoms with Crippen molar-refractivity contribution in [3.8, 4) is 5.88 Å². The number of benzene rings is 2. The number of aromatic nitrogens is 2. The van der Waals surface area contributed by atoms with Gasteiger partial charge in [0.15, 0.2) is 17.4 Å². The van der Waals surface area contributed by atoms with E-state index in [-0.39, 0.29) is 5.82 Å². The third-order valence-corrected chi connectivity index (χ3v) is 5.21. The van der Waals surface area contributed by atoms with Crippen LogP contribution in [0.5, 0.6) is 5.88 Å². The molecule has 9 heteroatoms. The van der Waals surface area contributed by atoms with E-state index in [4.69, 9.17) is 9.47 Å². The Balaban J connectivity index is 2.24. The number of alkyl halides is 3. The second kappa shape index (κ2) is 9.42. The van der Waals surface area contributed by atoms with Crippen molar-refractivity contribution in [1.82, 2.24) is 9.97 Å². The summed E-state index contributed by atoms with van der Waals surface area (Å²) >= 11 is 0. The zero-order valence-corrected chi connectivity index (χ0v) is 19.1. The molecule has 0 bridgehead atoms. The third kappa shape index (κ3) is 5.04.